The molecule has 2 heterocycles. The summed E-state index contributed by atoms with van der Waals surface area (Å²) in [5, 5.41) is 0. The molecule has 140 valence electrons. The molecule has 0 N–H and O–H groups in total. The van der Waals surface area contributed by atoms with Crippen molar-refractivity contribution >= 4 is 12.0 Å². The van der Waals surface area contributed by atoms with E-state index in [1.165, 1.54) is 6.42 Å². The molecule has 0 aromatic carbocycles. The number of carbonyl (C=O) groups excluding carboxylic acids is 2. The van der Waals surface area contributed by atoms with E-state index in [9.17, 15) is 9.59 Å². The zero-order valence-corrected chi connectivity index (χ0v) is 15.9. The second kappa shape index (κ2) is 7.38. The molecule has 0 aromatic rings. The Morgan fingerprint density at radius 2 is 1.76 bits per heavy atom. The number of likely N-dealkylation sites (tertiary alicyclic amines) is 2. The molecule has 2 saturated heterocycles. The minimum Gasteiger partial charge on any atom is -0.444 e. The van der Waals surface area contributed by atoms with Crippen molar-refractivity contribution in [1.29, 1.82) is 0 Å². The molecule has 5 nitrogen and oxygen atoms in total. The zero-order chi connectivity index (χ0) is 18.0. The van der Waals surface area contributed by atoms with Gasteiger partial charge in [0.1, 0.15) is 5.60 Å². The van der Waals surface area contributed by atoms with Gasteiger partial charge in [-0.2, -0.15) is 0 Å². The van der Waals surface area contributed by atoms with Crippen LogP contribution < -0.4 is 0 Å². The second-order valence-corrected chi connectivity index (χ2v) is 8.71. The molecule has 2 atom stereocenters. The Morgan fingerprint density at radius 1 is 1.04 bits per heavy atom. The number of allylic oxidation sites excluding steroid dienone is 2. The van der Waals surface area contributed by atoms with Crippen LogP contribution in [0.3, 0.4) is 0 Å². The molecule has 2 amide bonds. The van der Waals surface area contributed by atoms with Crippen molar-refractivity contribution in [3.8, 4) is 0 Å². The first-order valence-electron chi connectivity index (χ1n) is 9.78. The van der Waals surface area contributed by atoms with E-state index in [0.717, 1.165) is 45.2 Å². The van der Waals surface area contributed by atoms with Crippen LogP contribution in [0.15, 0.2) is 12.2 Å². The molecule has 0 saturated carbocycles. The summed E-state index contributed by atoms with van der Waals surface area (Å²) in [6, 6.07) is 0.286. The van der Waals surface area contributed by atoms with Gasteiger partial charge in [-0.25, -0.2) is 4.79 Å². The quantitative estimate of drug-likeness (QED) is 0.717. The summed E-state index contributed by atoms with van der Waals surface area (Å²) < 4.78 is 5.51. The standard InChI is InChI=1S/C20H32N2O3/c1-20(2,3)25-19(24)21-13-11-16(14-21)17-10-6-7-12-22(17)18(23)15-8-4-5-9-15/h4-5,15-17H,6-14H2,1-3H3/t16-,17-/m0/s1. The van der Waals surface area contributed by atoms with Gasteiger partial charge in [0.15, 0.2) is 0 Å². The monoisotopic (exact) mass is 348 g/mol. The van der Waals surface area contributed by atoms with E-state index >= 15 is 0 Å². The van der Waals surface area contributed by atoms with Crippen molar-refractivity contribution in [1.82, 2.24) is 9.80 Å². The van der Waals surface area contributed by atoms with Crippen LogP contribution in [0.25, 0.3) is 0 Å². The highest BCUT2D eigenvalue weighted by Crippen LogP contribution is 2.33. The maximum Gasteiger partial charge on any atom is 0.410 e. The lowest BCUT2D eigenvalue weighted by molar-refractivity contribution is -0.140. The van der Waals surface area contributed by atoms with E-state index in [1.807, 2.05) is 25.7 Å². The summed E-state index contributed by atoms with van der Waals surface area (Å²) in [5.41, 5.74) is -0.461. The van der Waals surface area contributed by atoms with Gasteiger partial charge in [-0.15, -0.1) is 0 Å². The molecule has 3 rings (SSSR count). The molecule has 2 fully saturated rings. The first-order valence-corrected chi connectivity index (χ1v) is 9.78. The SMILES string of the molecule is CC(C)(C)OC(=O)N1CC[C@H]([C@@H]2CCCCN2C(=O)C2CC=CC2)C1. The Bertz CT molecular complexity index is 530. The molecule has 0 radical (unpaired) electrons. The Balaban J connectivity index is 1.61. The lowest BCUT2D eigenvalue weighted by atomic mass is 9.88. The van der Waals surface area contributed by atoms with Crippen LogP contribution >= 0.6 is 0 Å². The lowest BCUT2D eigenvalue weighted by Gasteiger charge is -2.40. The van der Waals surface area contributed by atoms with Crippen molar-refractivity contribution in [2.45, 2.75) is 70.9 Å². The van der Waals surface area contributed by atoms with Crippen LogP contribution in [-0.4, -0.2) is 53.1 Å². The van der Waals surface area contributed by atoms with Crippen LogP contribution in [0.4, 0.5) is 4.79 Å². The van der Waals surface area contributed by atoms with Crippen molar-refractivity contribution in [2.24, 2.45) is 11.8 Å². The van der Waals surface area contributed by atoms with Crippen LogP contribution in [0.1, 0.15) is 59.3 Å². The number of hydrogen-bond donors (Lipinski definition) is 0. The van der Waals surface area contributed by atoms with Crippen LogP contribution in [0.5, 0.6) is 0 Å². The predicted octanol–water partition coefficient (Wildman–Crippen LogP) is 3.59. The maximum absolute atomic E-state index is 13.0. The summed E-state index contributed by atoms with van der Waals surface area (Å²) in [4.78, 5) is 29.2. The topological polar surface area (TPSA) is 49.9 Å². The smallest absolute Gasteiger partial charge is 0.410 e. The van der Waals surface area contributed by atoms with Gasteiger partial charge >= 0.3 is 6.09 Å². The average molecular weight is 348 g/mol. The summed E-state index contributed by atoms with van der Waals surface area (Å²) in [6.07, 6.45) is 10.1. The van der Waals surface area contributed by atoms with Crippen LogP contribution in [0.2, 0.25) is 0 Å². The van der Waals surface area contributed by atoms with Crippen molar-refractivity contribution in [3.63, 3.8) is 0 Å². The number of amides is 2. The average Bonchev–Trinajstić information content (AvgIpc) is 3.24. The van der Waals surface area contributed by atoms with Gasteiger partial charge in [0.2, 0.25) is 5.91 Å². The predicted molar refractivity (Wildman–Crippen MR) is 97.1 cm³/mol. The fraction of sp³-hybridized carbons (Fsp3) is 0.800. The normalized spacial score (nSPS) is 27.8. The minimum absolute atomic E-state index is 0.143. The molecule has 3 aliphatic rings. The summed E-state index contributed by atoms with van der Waals surface area (Å²) >= 11 is 0. The minimum atomic E-state index is -0.461. The van der Waals surface area contributed by atoms with Gasteiger partial charge in [0, 0.05) is 31.6 Å². The fourth-order valence-corrected chi connectivity index (χ4v) is 4.37. The van der Waals surface area contributed by atoms with E-state index in [-0.39, 0.29) is 18.1 Å². The van der Waals surface area contributed by atoms with E-state index in [4.69, 9.17) is 4.74 Å². The highest BCUT2D eigenvalue weighted by atomic mass is 16.6. The summed E-state index contributed by atoms with van der Waals surface area (Å²) in [5.74, 6) is 0.848. The number of carbonyl (C=O) groups is 2. The highest BCUT2D eigenvalue weighted by Gasteiger charge is 2.40. The van der Waals surface area contributed by atoms with E-state index in [1.54, 1.807) is 0 Å². The molecule has 0 spiro atoms. The number of piperidine rings is 1. The van der Waals surface area contributed by atoms with Crippen LogP contribution in [0, 0.1) is 11.8 Å². The Hall–Kier alpha value is -1.52. The molecule has 0 aromatic heterocycles. The summed E-state index contributed by atoms with van der Waals surface area (Å²) in [7, 11) is 0. The number of ether oxygens (including phenoxy) is 1. The third-order valence-corrected chi connectivity index (χ3v) is 5.61. The number of nitrogens with zero attached hydrogens (tertiary/aromatic N) is 2. The molecule has 0 unspecified atom stereocenters. The van der Waals surface area contributed by atoms with Crippen molar-refractivity contribution in [2.75, 3.05) is 19.6 Å². The summed E-state index contributed by atoms with van der Waals surface area (Å²) in [6.45, 7) is 8.03. The van der Waals surface area contributed by atoms with Gasteiger partial charge in [0.05, 0.1) is 0 Å². The van der Waals surface area contributed by atoms with Crippen molar-refractivity contribution in [3.05, 3.63) is 12.2 Å². The van der Waals surface area contributed by atoms with Crippen LogP contribution in [-0.2, 0) is 9.53 Å². The largest absolute Gasteiger partial charge is 0.444 e. The molecule has 0 bridgehead atoms. The highest BCUT2D eigenvalue weighted by molar-refractivity contribution is 5.80. The lowest BCUT2D eigenvalue weighted by Crippen LogP contribution is -2.50. The van der Waals surface area contributed by atoms with E-state index in [2.05, 4.69) is 17.1 Å². The molecular formula is C20H32N2O3. The Morgan fingerprint density at radius 3 is 2.44 bits per heavy atom. The maximum atomic E-state index is 13.0. The first-order chi connectivity index (χ1) is 11.8. The Labute approximate surface area is 151 Å². The fourth-order valence-electron chi connectivity index (χ4n) is 4.37. The third-order valence-electron chi connectivity index (χ3n) is 5.61. The molecule has 25 heavy (non-hydrogen) atoms. The second-order valence-electron chi connectivity index (χ2n) is 8.71. The third kappa shape index (κ3) is 4.36. The van der Waals surface area contributed by atoms with Crippen molar-refractivity contribution < 1.29 is 14.3 Å². The van der Waals surface area contributed by atoms with E-state index in [0.29, 0.717) is 18.4 Å². The number of hydrogen-bond acceptors (Lipinski definition) is 3. The van der Waals surface area contributed by atoms with Gasteiger partial charge in [-0.05, 0) is 65.2 Å². The van der Waals surface area contributed by atoms with E-state index < -0.39 is 5.60 Å². The molecule has 2 aliphatic heterocycles. The first kappa shape index (κ1) is 18.3. The van der Waals surface area contributed by atoms with Gasteiger partial charge in [-0.3, -0.25) is 4.79 Å². The molecular weight excluding hydrogens is 316 g/mol. The Kier molecular flexibility index (Phi) is 5.40. The van der Waals surface area contributed by atoms with Gasteiger partial charge in [-0.1, -0.05) is 12.2 Å². The zero-order valence-electron chi connectivity index (χ0n) is 15.9. The molecule has 1 aliphatic carbocycles. The molecule has 5 heteroatoms. The van der Waals surface area contributed by atoms with Gasteiger partial charge in [0.25, 0.3) is 0 Å². The van der Waals surface area contributed by atoms with Gasteiger partial charge < -0.3 is 14.5 Å². The number of rotatable bonds is 2.